The third kappa shape index (κ3) is 5.25. The van der Waals surface area contributed by atoms with Crippen LogP contribution in [0.4, 0.5) is 17.3 Å². The Bertz CT molecular complexity index is 1860. The van der Waals surface area contributed by atoms with Gasteiger partial charge in [-0.25, -0.2) is 15.0 Å². The summed E-state index contributed by atoms with van der Waals surface area (Å²) in [4.78, 5) is 41.3. The number of aliphatic hydroxyl groups is 1. The van der Waals surface area contributed by atoms with Crippen molar-refractivity contribution in [3.63, 3.8) is 0 Å². The minimum Gasteiger partial charge on any atom is -0.392 e. The molecule has 0 atom stereocenters. The van der Waals surface area contributed by atoms with E-state index in [9.17, 15) is 14.7 Å². The van der Waals surface area contributed by atoms with Crippen molar-refractivity contribution in [1.82, 2.24) is 29.0 Å². The molecule has 4 aromatic heterocycles. The molecule has 0 radical (unpaired) electrons. The first-order valence-corrected chi connectivity index (χ1v) is 16.6. The molecule has 1 N–H and O–H groups in total. The highest BCUT2D eigenvalue weighted by molar-refractivity contribution is 6.08. The van der Waals surface area contributed by atoms with Crippen LogP contribution in [0.25, 0.3) is 11.1 Å². The summed E-state index contributed by atoms with van der Waals surface area (Å²) in [6, 6.07) is 11.9. The van der Waals surface area contributed by atoms with Gasteiger partial charge in [0.1, 0.15) is 17.3 Å². The Labute approximate surface area is 273 Å². The van der Waals surface area contributed by atoms with Crippen LogP contribution in [-0.2, 0) is 37.8 Å². The summed E-state index contributed by atoms with van der Waals surface area (Å²) in [5.41, 5.74) is 5.40. The average molecular weight is 637 g/mol. The van der Waals surface area contributed by atoms with Gasteiger partial charge in [0.15, 0.2) is 0 Å². The minimum absolute atomic E-state index is 0.0809. The van der Waals surface area contributed by atoms with E-state index in [0.717, 1.165) is 94.0 Å². The molecule has 4 aliphatic heterocycles. The minimum atomic E-state index is -0.309. The van der Waals surface area contributed by atoms with Crippen LogP contribution in [0.5, 0.6) is 0 Å². The number of hydrogen-bond acceptors (Lipinski definition) is 9. The summed E-state index contributed by atoms with van der Waals surface area (Å²) in [6.45, 7) is 5.85. The van der Waals surface area contributed by atoms with Gasteiger partial charge in [-0.3, -0.25) is 24.4 Å². The van der Waals surface area contributed by atoms with Gasteiger partial charge in [-0.2, -0.15) is 0 Å². The first kappa shape index (κ1) is 30.0. The van der Waals surface area contributed by atoms with Crippen LogP contribution in [-0.4, -0.2) is 92.0 Å². The van der Waals surface area contributed by atoms with E-state index in [1.807, 2.05) is 35.3 Å². The number of fused-ring (bicyclic) bond motifs is 3. The van der Waals surface area contributed by atoms with Crippen molar-refractivity contribution in [3.8, 4) is 11.1 Å². The first-order chi connectivity index (χ1) is 23.0. The number of piperazine rings is 1. The predicted octanol–water partition coefficient (Wildman–Crippen LogP) is 2.74. The molecule has 2 saturated heterocycles. The monoisotopic (exact) mass is 636 g/mol. The van der Waals surface area contributed by atoms with Crippen LogP contribution in [0.3, 0.4) is 0 Å². The second-order valence-corrected chi connectivity index (χ2v) is 12.8. The zero-order chi connectivity index (χ0) is 32.1. The largest absolute Gasteiger partial charge is 0.392 e. The zero-order valence-electron chi connectivity index (χ0n) is 26.7. The van der Waals surface area contributed by atoms with Gasteiger partial charge < -0.3 is 19.0 Å². The lowest BCUT2D eigenvalue weighted by molar-refractivity contribution is -0.0769. The number of hydrogen-bond donors (Lipinski definition) is 1. The highest BCUT2D eigenvalue weighted by Gasteiger charge is 2.34. The Balaban J connectivity index is 1.17. The number of amides is 1. The molecular formula is C35H40N8O4. The Morgan fingerprint density at radius 3 is 2.53 bits per heavy atom. The fourth-order valence-electron chi connectivity index (χ4n) is 7.57. The number of nitrogens with zero attached hydrogens (tertiary/aromatic N) is 8. The number of ether oxygens (including phenoxy) is 1. The maximum Gasteiger partial charge on any atom is 0.275 e. The quantitative estimate of drug-likeness (QED) is 0.327. The summed E-state index contributed by atoms with van der Waals surface area (Å²) in [7, 11) is 1.74. The smallest absolute Gasteiger partial charge is 0.275 e. The molecule has 8 heterocycles. The summed E-state index contributed by atoms with van der Waals surface area (Å²) in [6.07, 6.45) is 9.21. The van der Waals surface area contributed by atoms with E-state index in [-0.39, 0.29) is 18.1 Å². The van der Waals surface area contributed by atoms with Gasteiger partial charge in [-0.1, -0.05) is 6.07 Å². The van der Waals surface area contributed by atoms with E-state index < -0.39 is 0 Å². The van der Waals surface area contributed by atoms with Crippen LogP contribution in [0.15, 0.2) is 59.8 Å². The molecule has 0 bridgehead atoms. The summed E-state index contributed by atoms with van der Waals surface area (Å²) in [5.74, 6) is 1.03. The molecule has 12 heteroatoms. The van der Waals surface area contributed by atoms with Crippen molar-refractivity contribution in [3.05, 3.63) is 87.9 Å². The number of hydrazine groups is 1. The second kappa shape index (κ2) is 12.3. The summed E-state index contributed by atoms with van der Waals surface area (Å²) >= 11 is 0. The van der Waals surface area contributed by atoms with Gasteiger partial charge >= 0.3 is 0 Å². The van der Waals surface area contributed by atoms with E-state index >= 15 is 0 Å². The molecule has 0 unspecified atom stereocenters. The number of aromatic nitrogens is 4. The molecule has 8 rings (SSSR count). The van der Waals surface area contributed by atoms with Crippen molar-refractivity contribution in [2.24, 2.45) is 7.05 Å². The van der Waals surface area contributed by atoms with Gasteiger partial charge in [0.05, 0.1) is 31.4 Å². The molecular weight excluding hydrogens is 596 g/mol. The summed E-state index contributed by atoms with van der Waals surface area (Å²) < 4.78 is 9.33. The lowest BCUT2D eigenvalue weighted by atomic mass is 10.00. The molecule has 244 valence electrons. The van der Waals surface area contributed by atoms with Gasteiger partial charge in [0.2, 0.25) is 0 Å². The number of pyridine rings is 3. The number of carbonyl (C=O) groups is 1. The average Bonchev–Trinajstić information content (AvgIpc) is 3.47. The topological polar surface area (TPSA) is 112 Å². The fourth-order valence-corrected chi connectivity index (χ4v) is 7.57. The zero-order valence-corrected chi connectivity index (χ0v) is 26.7. The Hall–Kier alpha value is -4.36. The van der Waals surface area contributed by atoms with E-state index in [1.54, 1.807) is 35.1 Å². The van der Waals surface area contributed by atoms with Crippen molar-refractivity contribution in [2.45, 2.75) is 44.9 Å². The van der Waals surface area contributed by atoms with Crippen molar-refractivity contribution >= 4 is 23.2 Å². The van der Waals surface area contributed by atoms with Crippen molar-refractivity contribution in [2.75, 3.05) is 55.8 Å². The van der Waals surface area contributed by atoms with Crippen LogP contribution in [0.1, 0.15) is 40.2 Å². The summed E-state index contributed by atoms with van der Waals surface area (Å²) in [5, 5.41) is 14.9. The standard InChI is InChI=1S/C35H40N8O4/c1-38-20-24(18-31(35(38)46)43(32-7-2-4-10-36-32)40-16-14-39(15-17-40)26-22-47-23-26)27-8-11-37-33(29(27)21-44)42-13-9-30-28(34(42)45)19-25-6-3-5-12-41(25)30/h2,4,7-8,10-11,18-20,26,44H,3,5-6,9,12-17,21-23H2,1H3. The maximum absolute atomic E-state index is 13.9. The Morgan fingerprint density at radius 2 is 1.79 bits per heavy atom. The van der Waals surface area contributed by atoms with E-state index in [2.05, 4.69) is 30.5 Å². The van der Waals surface area contributed by atoms with Crippen LogP contribution >= 0.6 is 0 Å². The molecule has 4 aliphatic rings. The molecule has 0 spiro atoms. The van der Waals surface area contributed by atoms with Gasteiger partial charge in [-0.15, -0.1) is 0 Å². The Kier molecular flexibility index (Phi) is 7.88. The lowest BCUT2D eigenvalue weighted by Crippen LogP contribution is -2.59. The number of aryl methyl sites for hydroxylation is 2. The molecule has 1 amide bonds. The molecule has 0 aromatic carbocycles. The fraction of sp³-hybridized carbons (Fsp3) is 0.429. The Morgan fingerprint density at radius 1 is 0.936 bits per heavy atom. The first-order valence-electron chi connectivity index (χ1n) is 16.6. The van der Waals surface area contributed by atoms with Crippen molar-refractivity contribution in [1.29, 1.82) is 0 Å². The normalized spacial score (nSPS) is 18.9. The van der Waals surface area contributed by atoms with Crippen LogP contribution in [0.2, 0.25) is 0 Å². The second-order valence-electron chi connectivity index (χ2n) is 12.8. The molecule has 0 aliphatic carbocycles. The van der Waals surface area contributed by atoms with E-state index in [1.165, 1.54) is 5.69 Å². The third-order valence-corrected chi connectivity index (χ3v) is 10.1. The lowest BCUT2D eigenvalue weighted by Gasteiger charge is -2.45. The van der Waals surface area contributed by atoms with Crippen LogP contribution in [0, 0.1) is 0 Å². The molecule has 12 nitrogen and oxygen atoms in total. The van der Waals surface area contributed by atoms with E-state index in [4.69, 9.17) is 4.74 Å². The molecule has 0 saturated carbocycles. The van der Waals surface area contributed by atoms with E-state index in [0.29, 0.717) is 35.5 Å². The highest BCUT2D eigenvalue weighted by atomic mass is 16.5. The van der Waals surface area contributed by atoms with Gasteiger partial charge in [-0.05, 0) is 55.2 Å². The molecule has 47 heavy (non-hydrogen) atoms. The van der Waals surface area contributed by atoms with Crippen LogP contribution < -0.4 is 15.5 Å². The maximum atomic E-state index is 13.9. The SMILES string of the molecule is Cn1cc(-c2ccnc(N3CCc4c(cc5n4CCCC5)C3=O)c2CO)cc(N(c2ccccn2)N2CCN(C3COC3)CC2)c1=O. The molecule has 4 aromatic rings. The number of aliphatic hydroxyl groups excluding tert-OH is 1. The van der Waals surface area contributed by atoms with Crippen molar-refractivity contribution < 1.29 is 14.6 Å². The molecule has 2 fully saturated rings. The number of rotatable bonds is 7. The number of anilines is 3. The van der Waals surface area contributed by atoms with Gasteiger partial charge in [0, 0.05) is 93.8 Å². The predicted molar refractivity (Wildman–Crippen MR) is 178 cm³/mol. The third-order valence-electron chi connectivity index (χ3n) is 10.1. The highest BCUT2D eigenvalue weighted by Crippen LogP contribution is 2.36. The van der Waals surface area contributed by atoms with Gasteiger partial charge in [0.25, 0.3) is 11.5 Å². The number of carbonyl (C=O) groups excluding carboxylic acids is 1.